The molecule has 0 bridgehead atoms. The Hall–Kier alpha value is -2.83. The molecule has 7 nitrogen and oxygen atoms in total. The van der Waals surface area contributed by atoms with Crippen LogP contribution in [0.3, 0.4) is 0 Å². The van der Waals surface area contributed by atoms with Gasteiger partial charge in [0.25, 0.3) is 0 Å². The Morgan fingerprint density at radius 2 is 1.81 bits per heavy atom. The first-order chi connectivity index (χ1) is 13.1. The third-order valence-corrected chi connectivity index (χ3v) is 3.79. The molecule has 2 rings (SSSR count). The summed E-state index contributed by atoms with van der Waals surface area (Å²) >= 11 is 0. The first-order valence-electron chi connectivity index (χ1n) is 8.95. The molecule has 0 fully saturated rings. The molecule has 148 valence electrons. The monoisotopic (exact) mass is 375 g/mol. The Morgan fingerprint density at radius 3 is 2.33 bits per heavy atom. The van der Waals surface area contributed by atoms with Gasteiger partial charge in [0, 0.05) is 37.3 Å². The zero-order valence-corrected chi connectivity index (χ0v) is 16.7. The molecule has 1 aromatic heterocycles. The molecule has 0 aliphatic rings. The largest absolute Gasteiger partial charge is 0.493 e. The molecule has 0 aliphatic heterocycles. The maximum atomic E-state index is 5.41. The summed E-state index contributed by atoms with van der Waals surface area (Å²) in [4.78, 5) is 4.64. The van der Waals surface area contributed by atoms with E-state index in [2.05, 4.69) is 29.5 Å². The molecule has 0 saturated carbocycles. The van der Waals surface area contributed by atoms with Crippen molar-refractivity contribution >= 4 is 11.6 Å². The van der Waals surface area contributed by atoms with E-state index in [1.807, 2.05) is 24.3 Å². The Balaban J connectivity index is 2.14. The normalized spacial score (nSPS) is 11.4. The quantitative estimate of drug-likeness (QED) is 0.515. The molecule has 27 heavy (non-hydrogen) atoms. The number of furan rings is 1. The number of aliphatic imine (C=N–C) groups is 1. The number of hydrogen-bond donors (Lipinski definition) is 2. The van der Waals surface area contributed by atoms with Gasteiger partial charge in [-0.3, -0.25) is 4.99 Å². The Bertz CT molecular complexity index is 702. The van der Waals surface area contributed by atoms with Crippen molar-refractivity contribution in [2.45, 2.75) is 20.3 Å². The fourth-order valence-electron chi connectivity index (χ4n) is 2.46. The standard InChI is InChI=1S/C20H29N3O4/c1-14(2)13-22-20(21-9-8-16-7-6-10-27-16)23-15-11-17(24-3)19(26-5)18(12-15)25-4/h6-7,10-12,14H,8-9,13H2,1-5H3,(H2,21,22,23). The lowest BCUT2D eigenvalue weighted by Crippen LogP contribution is -2.33. The van der Waals surface area contributed by atoms with Gasteiger partial charge in [-0.15, -0.1) is 0 Å². The molecule has 0 spiro atoms. The van der Waals surface area contributed by atoms with Gasteiger partial charge in [0.15, 0.2) is 17.5 Å². The van der Waals surface area contributed by atoms with Crippen LogP contribution in [0.1, 0.15) is 19.6 Å². The minimum Gasteiger partial charge on any atom is -0.493 e. The molecule has 0 saturated heterocycles. The number of guanidine groups is 1. The van der Waals surface area contributed by atoms with Crippen LogP contribution >= 0.6 is 0 Å². The van der Waals surface area contributed by atoms with Gasteiger partial charge in [0.05, 0.1) is 27.6 Å². The van der Waals surface area contributed by atoms with E-state index in [9.17, 15) is 0 Å². The van der Waals surface area contributed by atoms with Gasteiger partial charge < -0.3 is 29.3 Å². The molecule has 0 amide bonds. The lowest BCUT2D eigenvalue weighted by atomic mass is 10.2. The number of nitrogens with one attached hydrogen (secondary N) is 2. The molecule has 0 unspecified atom stereocenters. The molecule has 0 aliphatic carbocycles. The fourth-order valence-corrected chi connectivity index (χ4v) is 2.46. The number of nitrogens with zero attached hydrogens (tertiary/aromatic N) is 1. The highest BCUT2D eigenvalue weighted by Gasteiger charge is 2.14. The van der Waals surface area contributed by atoms with Crippen molar-refractivity contribution in [3.05, 3.63) is 36.3 Å². The smallest absolute Gasteiger partial charge is 0.203 e. The van der Waals surface area contributed by atoms with Crippen LogP contribution in [-0.4, -0.2) is 40.4 Å². The van der Waals surface area contributed by atoms with E-state index in [-0.39, 0.29) is 0 Å². The van der Waals surface area contributed by atoms with Gasteiger partial charge in [-0.05, 0) is 18.1 Å². The molecule has 0 atom stereocenters. The van der Waals surface area contributed by atoms with Gasteiger partial charge >= 0.3 is 0 Å². The van der Waals surface area contributed by atoms with Crippen molar-refractivity contribution in [2.24, 2.45) is 10.9 Å². The van der Waals surface area contributed by atoms with Crippen molar-refractivity contribution in [1.82, 2.24) is 5.32 Å². The highest BCUT2D eigenvalue weighted by molar-refractivity contribution is 5.94. The van der Waals surface area contributed by atoms with Gasteiger partial charge in [0.1, 0.15) is 5.76 Å². The lowest BCUT2D eigenvalue weighted by molar-refractivity contribution is 0.324. The number of rotatable bonds is 9. The zero-order chi connectivity index (χ0) is 19.6. The van der Waals surface area contributed by atoms with E-state index < -0.39 is 0 Å². The molecule has 1 aromatic carbocycles. The highest BCUT2D eigenvalue weighted by Crippen LogP contribution is 2.39. The molecule has 2 N–H and O–H groups in total. The van der Waals surface area contributed by atoms with Crippen molar-refractivity contribution in [3.63, 3.8) is 0 Å². The second-order valence-electron chi connectivity index (χ2n) is 6.38. The summed E-state index contributed by atoms with van der Waals surface area (Å²) in [5, 5.41) is 6.64. The topological polar surface area (TPSA) is 77.2 Å². The third kappa shape index (κ3) is 6.13. The zero-order valence-electron chi connectivity index (χ0n) is 16.7. The van der Waals surface area contributed by atoms with Gasteiger partial charge in [-0.1, -0.05) is 13.8 Å². The molecule has 2 aromatic rings. The lowest BCUT2D eigenvalue weighted by Gasteiger charge is -2.17. The van der Waals surface area contributed by atoms with Crippen molar-refractivity contribution in [2.75, 3.05) is 39.7 Å². The van der Waals surface area contributed by atoms with Crippen LogP contribution < -0.4 is 24.8 Å². The summed E-state index contributed by atoms with van der Waals surface area (Å²) in [7, 11) is 4.77. The van der Waals surface area contributed by atoms with Crippen molar-refractivity contribution in [3.8, 4) is 17.2 Å². The molecule has 7 heteroatoms. The summed E-state index contributed by atoms with van der Waals surface area (Å²) in [6.07, 6.45) is 2.45. The first kappa shape index (κ1) is 20.5. The van der Waals surface area contributed by atoms with Crippen LogP contribution in [0.15, 0.2) is 39.9 Å². The second kappa shape index (κ2) is 10.4. The van der Waals surface area contributed by atoms with Crippen LogP contribution in [0.25, 0.3) is 0 Å². The number of ether oxygens (including phenoxy) is 3. The van der Waals surface area contributed by atoms with Crippen molar-refractivity contribution in [1.29, 1.82) is 0 Å². The third-order valence-electron chi connectivity index (χ3n) is 3.79. The maximum absolute atomic E-state index is 5.41. The number of methoxy groups -OCH3 is 3. The molecule has 0 radical (unpaired) electrons. The van der Waals surface area contributed by atoms with Gasteiger partial charge in [-0.2, -0.15) is 0 Å². The summed E-state index contributed by atoms with van der Waals surface area (Å²) in [5.41, 5.74) is 0.789. The summed E-state index contributed by atoms with van der Waals surface area (Å²) < 4.78 is 21.6. The van der Waals surface area contributed by atoms with E-state index in [0.717, 1.165) is 17.9 Å². The summed E-state index contributed by atoms with van der Waals surface area (Å²) in [5.74, 6) is 3.78. The number of hydrogen-bond acceptors (Lipinski definition) is 5. The molecular formula is C20H29N3O4. The van der Waals surface area contributed by atoms with Gasteiger partial charge in [0.2, 0.25) is 5.75 Å². The fraction of sp³-hybridized carbons (Fsp3) is 0.450. The summed E-state index contributed by atoms with van der Waals surface area (Å²) in [6, 6.07) is 7.54. The predicted molar refractivity (Wildman–Crippen MR) is 107 cm³/mol. The minimum atomic E-state index is 0.452. The van der Waals surface area contributed by atoms with Crippen LogP contribution in [0, 0.1) is 5.92 Å². The number of anilines is 1. The van der Waals surface area contributed by atoms with Crippen molar-refractivity contribution < 1.29 is 18.6 Å². The maximum Gasteiger partial charge on any atom is 0.203 e. The minimum absolute atomic E-state index is 0.452. The van der Waals surface area contributed by atoms with Crippen LogP contribution in [-0.2, 0) is 6.42 Å². The SMILES string of the molecule is COc1cc(NC(=NCC(C)C)NCCc2ccco2)cc(OC)c1OC. The Morgan fingerprint density at radius 1 is 1.11 bits per heavy atom. The first-order valence-corrected chi connectivity index (χ1v) is 8.95. The van der Waals surface area contributed by atoms with E-state index in [1.165, 1.54) is 0 Å². The van der Waals surface area contributed by atoms with E-state index in [4.69, 9.17) is 18.6 Å². The Labute approximate surface area is 160 Å². The molecular weight excluding hydrogens is 346 g/mol. The second-order valence-corrected chi connectivity index (χ2v) is 6.38. The predicted octanol–water partition coefficient (Wildman–Crippen LogP) is 3.56. The molecule has 1 heterocycles. The highest BCUT2D eigenvalue weighted by atomic mass is 16.5. The van der Waals surface area contributed by atoms with Crippen LogP contribution in [0.2, 0.25) is 0 Å². The van der Waals surface area contributed by atoms with E-state index >= 15 is 0 Å². The van der Waals surface area contributed by atoms with E-state index in [0.29, 0.717) is 42.2 Å². The van der Waals surface area contributed by atoms with Crippen LogP contribution in [0.5, 0.6) is 17.2 Å². The Kier molecular flexibility index (Phi) is 7.85. The number of benzene rings is 1. The van der Waals surface area contributed by atoms with Crippen LogP contribution in [0.4, 0.5) is 5.69 Å². The average Bonchev–Trinajstić information content (AvgIpc) is 3.18. The average molecular weight is 375 g/mol. The summed E-state index contributed by atoms with van der Waals surface area (Å²) in [6.45, 7) is 5.66. The van der Waals surface area contributed by atoms with E-state index in [1.54, 1.807) is 27.6 Å². The van der Waals surface area contributed by atoms with Gasteiger partial charge in [-0.25, -0.2) is 0 Å².